The van der Waals surface area contributed by atoms with Crippen molar-refractivity contribution in [3.8, 4) is 17.2 Å². The fourth-order valence-corrected chi connectivity index (χ4v) is 4.12. The second-order valence-corrected chi connectivity index (χ2v) is 9.04. The van der Waals surface area contributed by atoms with Crippen molar-refractivity contribution in [2.45, 2.75) is 12.5 Å². The van der Waals surface area contributed by atoms with E-state index >= 15 is 0 Å². The minimum atomic E-state index is -1.47. The molecule has 4 rings (SSSR count). The van der Waals surface area contributed by atoms with E-state index in [1.54, 1.807) is 54.6 Å². The van der Waals surface area contributed by atoms with Crippen LogP contribution in [-0.2, 0) is 9.59 Å². The Kier molecular flexibility index (Phi) is 8.48. The quantitative estimate of drug-likeness (QED) is 0.168. The number of halogens is 2. The zero-order valence-corrected chi connectivity index (χ0v) is 21.3. The maximum atomic E-state index is 13.5. The van der Waals surface area contributed by atoms with Gasteiger partial charge < -0.3 is 19.1 Å². The third kappa shape index (κ3) is 6.50. The molecule has 9 heteroatoms. The van der Waals surface area contributed by atoms with Gasteiger partial charge >= 0.3 is 11.9 Å². The number of amides is 1. The second kappa shape index (κ2) is 12.0. The molecule has 0 spiro atoms. The molecule has 0 radical (unpaired) electrons. The molecule has 1 heterocycles. The first kappa shape index (κ1) is 26.3. The minimum absolute atomic E-state index is 0.200. The number of hydrogen-bond donors (Lipinski definition) is 0. The van der Waals surface area contributed by atoms with Gasteiger partial charge in [-0.1, -0.05) is 35.4 Å². The van der Waals surface area contributed by atoms with Gasteiger partial charge in [0.25, 0.3) is 5.91 Å². The van der Waals surface area contributed by atoms with Gasteiger partial charge in [0.05, 0.1) is 13.2 Å². The van der Waals surface area contributed by atoms with E-state index in [1.807, 2.05) is 6.08 Å². The number of methoxy groups -OCH3 is 1. The maximum Gasteiger partial charge on any atom is 0.328 e. The number of esters is 2. The van der Waals surface area contributed by atoms with E-state index in [1.165, 1.54) is 36.3 Å². The van der Waals surface area contributed by atoms with Crippen LogP contribution in [0.25, 0.3) is 0 Å². The van der Waals surface area contributed by atoms with Gasteiger partial charge in [0.2, 0.25) is 0 Å². The number of ether oxygens (including phenoxy) is 3. The van der Waals surface area contributed by atoms with Crippen molar-refractivity contribution in [3.63, 3.8) is 0 Å². The molecule has 3 aromatic rings. The molecule has 0 bridgehead atoms. The topological polar surface area (TPSA) is 82.1 Å². The lowest BCUT2D eigenvalue weighted by Crippen LogP contribution is -2.52. The van der Waals surface area contributed by atoms with Crippen molar-refractivity contribution < 1.29 is 28.6 Å². The Hall–Kier alpha value is -3.81. The molecule has 0 saturated carbocycles. The fourth-order valence-electron chi connectivity index (χ4n) is 3.87. The highest BCUT2D eigenvalue weighted by Crippen LogP contribution is 2.27. The van der Waals surface area contributed by atoms with Gasteiger partial charge in [0.15, 0.2) is 5.92 Å². The monoisotopic (exact) mass is 539 g/mol. The Morgan fingerprint density at radius 2 is 1.27 bits per heavy atom. The van der Waals surface area contributed by atoms with Crippen LogP contribution in [0.3, 0.4) is 0 Å². The van der Waals surface area contributed by atoms with Crippen LogP contribution in [0.2, 0.25) is 10.0 Å². The van der Waals surface area contributed by atoms with E-state index in [-0.39, 0.29) is 17.4 Å². The smallest absolute Gasteiger partial charge is 0.328 e. The summed E-state index contributed by atoms with van der Waals surface area (Å²) in [6.07, 6.45) is 4.03. The summed E-state index contributed by atoms with van der Waals surface area (Å²) in [4.78, 5) is 41.8. The zero-order valence-electron chi connectivity index (χ0n) is 19.8. The molecule has 0 aromatic heterocycles. The van der Waals surface area contributed by atoms with E-state index in [0.29, 0.717) is 34.3 Å². The van der Waals surface area contributed by atoms with Crippen molar-refractivity contribution in [2.24, 2.45) is 5.92 Å². The summed E-state index contributed by atoms with van der Waals surface area (Å²) < 4.78 is 16.2. The molecule has 37 heavy (non-hydrogen) atoms. The third-order valence-electron chi connectivity index (χ3n) is 5.74. The molecule has 0 fully saturated rings. The average Bonchev–Trinajstić information content (AvgIpc) is 2.91. The minimum Gasteiger partial charge on any atom is -0.497 e. The van der Waals surface area contributed by atoms with Crippen LogP contribution in [-0.4, -0.2) is 42.4 Å². The van der Waals surface area contributed by atoms with Gasteiger partial charge in [-0.2, -0.15) is 0 Å². The zero-order chi connectivity index (χ0) is 26.4. The highest BCUT2D eigenvalue weighted by Gasteiger charge is 2.43. The third-order valence-corrected chi connectivity index (χ3v) is 6.25. The molecule has 1 aliphatic rings. The summed E-state index contributed by atoms with van der Waals surface area (Å²) >= 11 is 11.9. The first-order valence-electron chi connectivity index (χ1n) is 11.4. The van der Waals surface area contributed by atoms with Crippen molar-refractivity contribution >= 4 is 41.0 Å². The summed E-state index contributed by atoms with van der Waals surface area (Å²) in [6, 6.07) is 17.9. The molecule has 0 N–H and O–H groups in total. The molecule has 190 valence electrons. The molecule has 1 amide bonds. The van der Waals surface area contributed by atoms with Crippen molar-refractivity contribution in [1.29, 1.82) is 0 Å². The number of rotatable bonds is 7. The Labute approximate surface area is 224 Å². The Morgan fingerprint density at radius 3 is 1.76 bits per heavy atom. The summed E-state index contributed by atoms with van der Waals surface area (Å²) in [6.45, 7) is 0.297. The van der Waals surface area contributed by atoms with E-state index in [9.17, 15) is 14.4 Å². The number of hydrogen-bond acceptors (Lipinski definition) is 6. The van der Waals surface area contributed by atoms with E-state index in [4.69, 9.17) is 37.4 Å². The molecule has 1 atom stereocenters. The van der Waals surface area contributed by atoms with Gasteiger partial charge in [-0.3, -0.25) is 14.4 Å². The normalized spacial score (nSPS) is 14.8. The van der Waals surface area contributed by atoms with Crippen LogP contribution in [0.4, 0.5) is 0 Å². The fraction of sp³-hybridized carbons (Fsp3) is 0.179. The molecule has 7 nitrogen and oxygen atoms in total. The van der Waals surface area contributed by atoms with Gasteiger partial charge in [0, 0.05) is 22.2 Å². The number of benzene rings is 3. The van der Waals surface area contributed by atoms with E-state index in [2.05, 4.69) is 0 Å². The van der Waals surface area contributed by atoms with Gasteiger partial charge in [-0.05, 0) is 79.2 Å². The van der Waals surface area contributed by atoms with Gasteiger partial charge in [0.1, 0.15) is 17.2 Å². The Bertz CT molecular complexity index is 1230. The maximum absolute atomic E-state index is 13.5. The molecular weight excluding hydrogens is 517 g/mol. The molecule has 0 saturated heterocycles. The molecule has 1 aliphatic heterocycles. The highest BCUT2D eigenvalue weighted by atomic mass is 35.5. The van der Waals surface area contributed by atoms with E-state index in [0.717, 1.165) is 0 Å². The van der Waals surface area contributed by atoms with Crippen LogP contribution in [0.1, 0.15) is 16.8 Å². The molecule has 0 unspecified atom stereocenters. The van der Waals surface area contributed by atoms with Crippen LogP contribution in [0.5, 0.6) is 17.2 Å². The summed E-state index contributed by atoms with van der Waals surface area (Å²) in [5, 5.41) is 0.926. The number of carbonyl (C=O) groups is 3. The van der Waals surface area contributed by atoms with Gasteiger partial charge in [-0.15, -0.1) is 0 Å². The first-order valence-corrected chi connectivity index (χ1v) is 12.2. The Balaban J connectivity index is 1.65. The lowest BCUT2D eigenvalue weighted by Gasteiger charge is -2.35. The van der Waals surface area contributed by atoms with Crippen molar-refractivity contribution in [1.82, 2.24) is 4.90 Å². The summed E-state index contributed by atoms with van der Waals surface area (Å²) in [5.41, 5.74) is 0.386. The lowest BCUT2D eigenvalue weighted by atomic mass is 9.94. The highest BCUT2D eigenvalue weighted by molar-refractivity contribution is 6.30. The standard InChI is InChI=1S/C28H23Cl2NO6/c1-35-21-11-5-18(6-12-21)26(32)31-17-3-2-4-24(31)25(27(33)36-22-13-7-19(29)8-14-22)28(34)37-23-15-9-20(30)10-16-23/h2,4-16,24-25H,3,17H2,1H3/t24-/m1/s1. The largest absolute Gasteiger partial charge is 0.497 e. The predicted molar refractivity (Wildman–Crippen MR) is 139 cm³/mol. The predicted octanol–water partition coefficient (Wildman–Crippen LogP) is 5.60. The van der Waals surface area contributed by atoms with Crippen LogP contribution >= 0.6 is 23.2 Å². The van der Waals surface area contributed by atoms with Crippen LogP contribution in [0.15, 0.2) is 84.9 Å². The van der Waals surface area contributed by atoms with Gasteiger partial charge in [-0.25, -0.2) is 0 Å². The van der Waals surface area contributed by atoms with E-state index < -0.39 is 23.9 Å². The first-order chi connectivity index (χ1) is 17.9. The molecular formula is C28H23Cl2NO6. The lowest BCUT2D eigenvalue weighted by molar-refractivity contribution is -0.153. The average molecular weight is 540 g/mol. The number of carbonyl (C=O) groups excluding carboxylic acids is 3. The molecule has 3 aromatic carbocycles. The van der Waals surface area contributed by atoms with Crippen LogP contribution < -0.4 is 14.2 Å². The van der Waals surface area contributed by atoms with Crippen LogP contribution in [0, 0.1) is 5.92 Å². The SMILES string of the molecule is COc1ccc(C(=O)N2CCC=C[C@@H]2C(C(=O)Oc2ccc(Cl)cc2)C(=O)Oc2ccc(Cl)cc2)cc1. The molecule has 0 aliphatic carbocycles. The van der Waals surface area contributed by atoms with Crippen molar-refractivity contribution in [3.05, 3.63) is 101 Å². The summed E-state index contributed by atoms with van der Waals surface area (Å²) in [5.74, 6) is -2.55. The Morgan fingerprint density at radius 1 is 0.784 bits per heavy atom. The number of nitrogens with zero attached hydrogens (tertiary/aromatic N) is 1. The second-order valence-electron chi connectivity index (χ2n) is 8.16. The summed E-state index contributed by atoms with van der Waals surface area (Å²) in [7, 11) is 1.53. The van der Waals surface area contributed by atoms with Crippen molar-refractivity contribution in [2.75, 3.05) is 13.7 Å².